The molecule has 1 N–H and O–H groups in total. The summed E-state index contributed by atoms with van der Waals surface area (Å²) in [4.78, 5) is 51.1. The topological polar surface area (TPSA) is 98.8 Å². The number of benzene rings is 2. The summed E-state index contributed by atoms with van der Waals surface area (Å²) < 4.78 is 49.4. The molecular formula is C31H36F3NO6. The van der Waals surface area contributed by atoms with Gasteiger partial charge in [0.1, 0.15) is 6.61 Å². The predicted octanol–water partition coefficient (Wildman–Crippen LogP) is 6.55. The molecule has 0 bridgehead atoms. The number of ketones is 1. The van der Waals surface area contributed by atoms with Crippen LogP contribution in [0.15, 0.2) is 24.3 Å². The van der Waals surface area contributed by atoms with Crippen LogP contribution in [0.4, 0.5) is 13.2 Å². The molecule has 2 saturated carbocycles. The van der Waals surface area contributed by atoms with Gasteiger partial charge in [0.25, 0.3) is 12.4 Å². The van der Waals surface area contributed by atoms with Gasteiger partial charge in [0, 0.05) is 34.4 Å². The van der Waals surface area contributed by atoms with Crippen LogP contribution in [-0.2, 0) is 20.9 Å². The molecule has 2 aromatic carbocycles. The maximum Gasteiger partial charge on any atom is 0.391 e. The van der Waals surface area contributed by atoms with Gasteiger partial charge in [0.15, 0.2) is 5.78 Å². The molecule has 0 atom stereocenters. The van der Waals surface area contributed by atoms with Crippen molar-refractivity contribution in [3.8, 4) is 0 Å². The van der Waals surface area contributed by atoms with Crippen LogP contribution in [0.3, 0.4) is 0 Å². The van der Waals surface area contributed by atoms with Crippen LogP contribution in [0, 0.1) is 17.8 Å². The van der Waals surface area contributed by atoms with Gasteiger partial charge in [-0.15, -0.1) is 0 Å². The molecule has 222 valence electrons. The van der Waals surface area contributed by atoms with E-state index in [9.17, 15) is 32.3 Å². The lowest BCUT2D eigenvalue weighted by Crippen LogP contribution is -2.37. The molecule has 7 nitrogen and oxygen atoms in total. The third-order valence-corrected chi connectivity index (χ3v) is 8.64. The second kappa shape index (κ2) is 13.0. The molecule has 4 rings (SSSR count). The van der Waals surface area contributed by atoms with Crippen molar-refractivity contribution in [3.63, 3.8) is 0 Å². The highest BCUT2D eigenvalue weighted by Crippen LogP contribution is 2.41. The van der Waals surface area contributed by atoms with Crippen molar-refractivity contribution in [2.24, 2.45) is 17.8 Å². The summed E-state index contributed by atoms with van der Waals surface area (Å²) in [7, 11) is 1.21. The van der Waals surface area contributed by atoms with Crippen molar-refractivity contribution < 1.29 is 41.8 Å². The van der Waals surface area contributed by atoms with Crippen LogP contribution in [0.2, 0.25) is 0 Å². The number of fused-ring (bicyclic) bond motifs is 1. The summed E-state index contributed by atoms with van der Waals surface area (Å²) in [5.41, 5.74) is 0.913. The van der Waals surface area contributed by atoms with Crippen LogP contribution < -0.4 is 5.32 Å². The Morgan fingerprint density at radius 2 is 1.54 bits per heavy atom. The predicted molar refractivity (Wildman–Crippen MR) is 145 cm³/mol. The zero-order valence-corrected chi connectivity index (χ0v) is 23.4. The fourth-order valence-corrected chi connectivity index (χ4v) is 6.25. The third kappa shape index (κ3) is 7.08. The highest BCUT2D eigenvalue weighted by atomic mass is 19.4. The Labute approximate surface area is 237 Å². The summed E-state index contributed by atoms with van der Waals surface area (Å²) in [6.45, 7) is 2.26. The normalized spacial score (nSPS) is 23.0. The molecule has 0 radical (unpaired) electrons. The molecule has 41 heavy (non-hydrogen) atoms. The van der Waals surface area contributed by atoms with Gasteiger partial charge in [-0.3, -0.25) is 14.4 Å². The number of amides is 1. The number of carbonyl (C=O) groups is 4. The zero-order valence-electron chi connectivity index (χ0n) is 23.4. The maximum absolute atomic E-state index is 13.7. The lowest BCUT2D eigenvalue weighted by Gasteiger charge is -2.29. The summed E-state index contributed by atoms with van der Waals surface area (Å²) in [5, 5.41) is 3.60. The van der Waals surface area contributed by atoms with Crippen LogP contribution in [0.1, 0.15) is 101 Å². The van der Waals surface area contributed by atoms with Crippen molar-refractivity contribution in [2.75, 3.05) is 7.11 Å². The van der Waals surface area contributed by atoms with E-state index in [-0.39, 0.29) is 90.9 Å². The second-order valence-electron chi connectivity index (χ2n) is 11.4. The highest BCUT2D eigenvalue weighted by molar-refractivity contribution is 6.20. The minimum absolute atomic E-state index is 0.0136. The fourth-order valence-electron chi connectivity index (χ4n) is 6.25. The first-order valence-corrected chi connectivity index (χ1v) is 14.2. The van der Waals surface area contributed by atoms with Crippen LogP contribution in [0.25, 0.3) is 10.8 Å². The second-order valence-corrected chi connectivity index (χ2v) is 11.4. The molecule has 2 aliphatic rings. The van der Waals surface area contributed by atoms with Crippen LogP contribution in [0.5, 0.6) is 0 Å². The number of alkyl halides is 3. The number of rotatable bonds is 9. The van der Waals surface area contributed by atoms with Crippen LogP contribution in [-0.4, -0.2) is 43.5 Å². The standard InChI is InChI=1S/C31H36F3NO6/c1-18-3-10-22(11-4-18)35-29(38)24-13-14-25(30(39)40-2)28-23(12-7-20(27(24)28)16-41-17-36)26(37)15-19-5-8-21(9-6-19)31(32,33)34/h7,12-14,17-19,21-22H,3-6,8-11,15-16H2,1-2H3,(H,35,38). The van der Waals surface area contributed by atoms with Crippen molar-refractivity contribution >= 4 is 34.9 Å². The number of methoxy groups -OCH3 is 1. The van der Waals surface area contributed by atoms with Gasteiger partial charge in [-0.1, -0.05) is 19.1 Å². The Bertz CT molecular complexity index is 1290. The summed E-state index contributed by atoms with van der Waals surface area (Å²) >= 11 is 0. The molecule has 0 spiro atoms. The molecule has 2 aromatic rings. The number of Topliss-reactive ketones (excluding diaryl/α,β-unsaturated/α-hetero) is 1. The van der Waals surface area contributed by atoms with E-state index in [1.165, 1.54) is 25.3 Å². The number of ether oxygens (including phenoxy) is 2. The molecule has 2 aliphatic carbocycles. The molecule has 0 unspecified atom stereocenters. The minimum Gasteiger partial charge on any atom is -0.465 e. The number of nitrogens with one attached hydrogen (secondary N) is 1. The Morgan fingerprint density at radius 1 is 0.902 bits per heavy atom. The Hall–Kier alpha value is -3.43. The molecule has 0 aliphatic heterocycles. The van der Waals surface area contributed by atoms with Crippen molar-refractivity contribution in [3.05, 3.63) is 46.5 Å². The van der Waals surface area contributed by atoms with E-state index in [1.807, 2.05) is 0 Å². The quantitative estimate of drug-likeness (QED) is 0.207. The Balaban J connectivity index is 1.73. The molecule has 0 heterocycles. The summed E-state index contributed by atoms with van der Waals surface area (Å²) in [5.74, 6) is -2.41. The molecule has 0 saturated heterocycles. The van der Waals surface area contributed by atoms with Crippen LogP contribution >= 0.6 is 0 Å². The SMILES string of the molecule is COC(=O)c1ccc(C(=O)NC2CCC(C)CC2)c2c(COC=O)ccc(C(=O)CC3CCC(C(F)(F)F)CC3)c12. The first-order chi connectivity index (χ1) is 19.5. The van der Waals surface area contributed by atoms with Gasteiger partial charge in [-0.2, -0.15) is 13.2 Å². The Kier molecular flexibility index (Phi) is 9.71. The highest BCUT2D eigenvalue weighted by Gasteiger charge is 2.41. The van der Waals surface area contributed by atoms with E-state index < -0.39 is 18.1 Å². The van der Waals surface area contributed by atoms with Gasteiger partial charge in [0.2, 0.25) is 0 Å². The third-order valence-electron chi connectivity index (χ3n) is 8.64. The van der Waals surface area contributed by atoms with Crippen molar-refractivity contribution in [1.82, 2.24) is 5.32 Å². The smallest absolute Gasteiger partial charge is 0.391 e. The molecule has 0 aromatic heterocycles. The molecule has 1 amide bonds. The van der Waals surface area contributed by atoms with Gasteiger partial charge in [0.05, 0.1) is 18.6 Å². The number of hydrogen-bond acceptors (Lipinski definition) is 6. The van der Waals surface area contributed by atoms with Gasteiger partial charge >= 0.3 is 12.1 Å². The average molecular weight is 576 g/mol. The van der Waals surface area contributed by atoms with E-state index in [0.29, 0.717) is 16.9 Å². The first kappa shape index (κ1) is 30.5. The number of hydrogen-bond donors (Lipinski definition) is 1. The zero-order chi connectivity index (χ0) is 29.7. The maximum atomic E-state index is 13.7. The van der Waals surface area contributed by atoms with E-state index >= 15 is 0 Å². The lowest BCUT2D eigenvalue weighted by molar-refractivity contribution is -0.183. The van der Waals surface area contributed by atoms with E-state index in [1.54, 1.807) is 6.07 Å². The lowest BCUT2D eigenvalue weighted by atomic mass is 9.78. The summed E-state index contributed by atoms with van der Waals surface area (Å²) in [6.07, 6.45) is -0.0617. The molecular weight excluding hydrogens is 539 g/mol. The van der Waals surface area contributed by atoms with Crippen molar-refractivity contribution in [1.29, 1.82) is 0 Å². The number of carbonyl (C=O) groups excluding carboxylic acids is 4. The monoisotopic (exact) mass is 575 g/mol. The van der Waals surface area contributed by atoms with Gasteiger partial charge < -0.3 is 14.8 Å². The first-order valence-electron chi connectivity index (χ1n) is 14.2. The Morgan fingerprint density at radius 3 is 2.15 bits per heavy atom. The average Bonchev–Trinajstić information content (AvgIpc) is 2.95. The van der Waals surface area contributed by atoms with E-state index in [4.69, 9.17) is 9.47 Å². The van der Waals surface area contributed by atoms with Crippen molar-refractivity contribution in [2.45, 2.75) is 83.5 Å². The summed E-state index contributed by atoms with van der Waals surface area (Å²) in [6, 6.07) is 6.04. The van der Waals surface area contributed by atoms with E-state index in [0.717, 1.165) is 25.7 Å². The number of halogens is 3. The number of esters is 1. The largest absolute Gasteiger partial charge is 0.465 e. The minimum atomic E-state index is -4.24. The van der Waals surface area contributed by atoms with Gasteiger partial charge in [-0.05, 0) is 80.9 Å². The molecule has 10 heteroatoms. The van der Waals surface area contributed by atoms with Gasteiger partial charge in [-0.25, -0.2) is 4.79 Å². The fraction of sp³-hybridized carbons (Fsp3) is 0.548. The molecule has 2 fully saturated rings. The van der Waals surface area contributed by atoms with E-state index in [2.05, 4.69) is 12.2 Å².